The van der Waals surface area contributed by atoms with Crippen LogP contribution in [-0.4, -0.2) is 65.0 Å². The van der Waals surface area contributed by atoms with E-state index in [0.717, 1.165) is 0 Å². The van der Waals surface area contributed by atoms with Crippen LogP contribution in [0.1, 0.15) is 12.8 Å². The lowest BCUT2D eigenvalue weighted by Gasteiger charge is -2.05. The van der Waals surface area contributed by atoms with Crippen molar-refractivity contribution < 1.29 is 28.5 Å². The number of hydrogen-bond donors (Lipinski definition) is 1. The van der Waals surface area contributed by atoms with Gasteiger partial charge < -0.3 is 24.7 Å². The fourth-order valence-electron chi connectivity index (χ4n) is 1.17. The van der Waals surface area contributed by atoms with Gasteiger partial charge in [0.05, 0.1) is 26.4 Å². The van der Waals surface area contributed by atoms with Crippen LogP contribution in [0, 0.1) is 0 Å². The fraction of sp³-hybridized carbons (Fsp3) is 0.833. The molecule has 0 aromatic rings. The number of hydrogen-bond acceptors (Lipinski definition) is 6. The quantitative estimate of drug-likeness (QED) is 0.431. The van der Waals surface area contributed by atoms with Crippen molar-refractivity contribution in [1.29, 1.82) is 0 Å². The molecule has 0 aromatic carbocycles. The zero-order valence-corrected chi connectivity index (χ0v) is 11.4. The Balaban J connectivity index is 3.16. The Morgan fingerprint density at radius 1 is 0.895 bits per heavy atom. The van der Waals surface area contributed by atoms with E-state index in [2.05, 4.69) is 0 Å². The normalized spacial score (nSPS) is 10.6. The van der Waals surface area contributed by atoms with Crippen molar-refractivity contribution in [3.8, 4) is 0 Å². The van der Waals surface area contributed by atoms with Gasteiger partial charge in [-0.05, 0) is 6.42 Å². The number of primary amides is 1. The van der Waals surface area contributed by atoms with Gasteiger partial charge in [0, 0.05) is 20.1 Å². The first kappa shape index (κ1) is 18.0. The van der Waals surface area contributed by atoms with Crippen molar-refractivity contribution >= 4 is 11.7 Å². The minimum absolute atomic E-state index is 0.0683. The summed E-state index contributed by atoms with van der Waals surface area (Å²) in [6, 6.07) is 0. The molecule has 7 heteroatoms. The van der Waals surface area contributed by atoms with Crippen molar-refractivity contribution in [3.05, 3.63) is 0 Å². The van der Waals surface area contributed by atoms with Crippen molar-refractivity contribution in [3.63, 3.8) is 0 Å². The third-order valence-electron chi connectivity index (χ3n) is 2.06. The van der Waals surface area contributed by atoms with Crippen LogP contribution in [0.15, 0.2) is 0 Å². The Hall–Kier alpha value is -1.02. The summed E-state index contributed by atoms with van der Waals surface area (Å²) in [6.45, 7) is 2.32. The highest BCUT2D eigenvalue weighted by Crippen LogP contribution is 1.93. The molecule has 0 rings (SSSR count). The van der Waals surface area contributed by atoms with Gasteiger partial charge >= 0.3 is 0 Å². The molecule has 0 bridgehead atoms. The van der Waals surface area contributed by atoms with Gasteiger partial charge in [0.15, 0.2) is 5.78 Å². The largest absolute Gasteiger partial charge is 0.382 e. The first-order valence-electron chi connectivity index (χ1n) is 6.19. The van der Waals surface area contributed by atoms with Crippen LogP contribution in [0.25, 0.3) is 0 Å². The molecule has 112 valence electrons. The molecule has 2 N–H and O–H groups in total. The number of nitrogens with two attached hydrogens (primary N) is 1. The lowest BCUT2D eigenvalue weighted by Crippen LogP contribution is -2.21. The molecule has 0 saturated heterocycles. The van der Waals surface area contributed by atoms with Gasteiger partial charge in [-0.3, -0.25) is 9.59 Å². The second-order valence-electron chi connectivity index (χ2n) is 3.82. The van der Waals surface area contributed by atoms with Crippen LogP contribution in [0.5, 0.6) is 0 Å². The number of ether oxygens (including phenoxy) is 4. The summed E-state index contributed by atoms with van der Waals surface area (Å²) in [7, 11) is 1.62. The second-order valence-corrected chi connectivity index (χ2v) is 3.82. The molecule has 0 atom stereocenters. The smallest absolute Gasteiger partial charge is 0.243 e. The van der Waals surface area contributed by atoms with Crippen LogP contribution in [-0.2, 0) is 28.5 Å². The minimum Gasteiger partial charge on any atom is -0.382 e. The minimum atomic E-state index is -0.579. The number of rotatable bonds is 14. The first-order valence-corrected chi connectivity index (χ1v) is 6.19. The van der Waals surface area contributed by atoms with E-state index in [1.807, 2.05) is 0 Å². The highest BCUT2D eigenvalue weighted by Gasteiger charge is 2.03. The number of carbonyl (C=O) groups is 2. The molecule has 1 amide bonds. The molecule has 7 nitrogen and oxygen atoms in total. The van der Waals surface area contributed by atoms with Gasteiger partial charge in [-0.2, -0.15) is 0 Å². The zero-order valence-electron chi connectivity index (χ0n) is 11.4. The van der Waals surface area contributed by atoms with Crippen molar-refractivity contribution in [2.75, 3.05) is 53.4 Å². The number of ketones is 1. The van der Waals surface area contributed by atoms with E-state index in [0.29, 0.717) is 45.9 Å². The maximum atomic E-state index is 11.3. The van der Waals surface area contributed by atoms with E-state index < -0.39 is 5.91 Å². The number of amides is 1. The highest BCUT2D eigenvalue weighted by molar-refractivity contribution is 5.80. The Labute approximate surface area is 113 Å². The van der Waals surface area contributed by atoms with Gasteiger partial charge in [0.25, 0.3) is 0 Å². The topological polar surface area (TPSA) is 97.1 Å². The summed E-state index contributed by atoms with van der Waals surface area (Å²) >= 11 is 0. The van der Waals surface area contributed by atoms with E-state index in [4.69, 9.17) is 24.7 Å². The van der Waals surface area contributed by atoms with Gasteiger partial charge in [-0.15, -0.1) is 0 Å². The summed E-state index contributed by atoms with van der Waals surface area (Å²) in [4.78, 5) is 21.6. The fourth-order valence-corrected chi connectivity index (χ4v) is 1.17. The van der Waals surface area contributed by atoms with E-state index in [9.17, 15) is 9.59 Å². The molecule has 0 radical (unpaired) electrons. The monoisotopic (exact) mass is 277 g/mol. The van der Waals surface area contributed by atoms with Crippen molar-refractivity contribution in [2.45, 2.75) is 12.8 Å². The molecular formula is C12H23NO6. The lowest BCUT2D eigenvalue weighted by molar-refractivity contribution is -0.128. The Morgan fingerprint density at radius 3 is 2.16 bits per heavy atom. The first-order chi connectivity index (χ1) is 9.16. The predicted octanol–water partition coefficient (Wildman–Crippen LogP) is -0.483. The lowest BCUT2D eigenvalue weighted by atomic mass is 10.2. The number of methoxy groups -OCH3 is 1. The van der Waals surface area contributed by atoms with E-state index in [-0.39, 0.29) is 19.0 Å². The molecule has 0 aliphatic rings. The second kappa shape index (κ2) is 13.4. The van der Waals surface area contributed by atoms with Crippen LogP contribution < -0.4 is 5.73 Å². The van der Waals surface area contributed by atoms with Gasteiger partial charge in [0.2, 0.25) is 5.91 Å². The molecule has 0 spiro atoms. The van der Waals surface area contributed by atoms with Gasteiger partial charge in [-0.25, -0.2) is 0 Å². The standard InChI is InChI=1S/C12H23NO6/c1-16-5-6-18-8-7-17-4-2-3-11(14)9-19-10-12(13)15/h2-10H2,1H3,(H2,13,15). The van der Waals surface area contributed by atoms with Crippen LogP contribution in [0.4, 0.5) is 0 Å². The van der Waals surface area contributed by atoms with Crippen LogP contribution >= 0.6 is 0 Å². The van der Waals surface area contributed by atoms with Crippen LogP contribution in [0.2, 0.25) is 0 Å². The third kappa shape index (κ3) is 14.9. The van der Waals surface area contributed by atoms with Crippen molar-refractivity contribution in [2.24, 2.45) is 5.73 Å². The molecular weight excluding hydrogens is 254 g/mol. The molecule has 0 aromatic heterocycles. The maximum Gasteiger partial charge on any atom is 0.243 e. The summed E-state index contributed by atoms with van der Waals surface area (Å²) in [5, 5.41) is 0. The number of carbonyl (C=O) groups excluding carboxylic acids is 2. The van der Waals surface area contributed by atoms with Gasteiger partial charge in [-0.1, -0.05) is 0 Å². The third-order valence-corrected chi connectivity index (χ3v) is 2.06. The van der Waals surface area contributed by atoms with Crippen LogP contribution in [0.3, 0.4) is 0 Å². The summed E-state index contributed by atoms with van der Waals surface area (Å²) < 4.78 is 20.1. The molecule has 0 fully saturated rings. The zero-order chi connectivity index (χ0) is 14.3. The number of Topliss-reactive ketones (excluding diaryl/α,β-unsaturated/α-hetero) is 1. The average Bonchev–Trinajstić information content (AvgIpc) is 2.36. The predicted molar refractivity (Wildman–Crippen MR) is 67.8 cm³/mol. The SMILES string of the molecule is COCCOCCOCCCC(=O)COCC(N)=O. The van der Waals surface area contributed by atoms with Gasteiger partial charge in [0.1, 0.15) is 13.2 Å². The molecule has 19 heavy (non-hydrogen) atoms. The molecule has 0 unspecified atom stereocenters. The molecule has 0 aliphatic carbocycles. The van der Waals surface area contributed by atoms with E-state index in [1.165, 1.54) is 0 Å². The van der Waals surface area contributed by atoms with E-state index in [1.54, 1.807) is 7.11 Å². The maximum absolute atomic E-state index is 11.3. The molecule has 0 heterocycles. The summed E-state index contributed by atoms with van der Waals surface area (Å²) in [5.74, 6) is -0.647. The Kier molecular flexibility index (Phi) is 12.7. The molecule has 0 aliphatic heterocycles. The average molecular weight is 277 g/mol. The van der Waals surface area contributed by atoms with Crippen molar-refractivity contribution in [1.82, 2.24) is 0 Å². The summed E-state index contributed by atoms with van der Waals surface area (Å²) in [5.41, 5.74) is 4.86. The van der Waals surface area contributed by atoms with E-state index >= 15 is 0 Å². The Morgan fingerprint density at radius 2 is 1.53 bits per heavy atom. The summed E-state index contributed by atoms with van der Waals surface area (Å²) in [6.07, 6.45) is 0.986. The Bertz CT molecular complexity index is 246. The molecule has 0 saturated carbocycles. The highest BCUT2D eigenvalue weighted by atomic mass is 16.5.